The molecule has 0 radical (unpaired) electrons. The van der Waals surface area contributed by atoms with Crippen molar-refractivity contribution in [2.45, 2.75) is 31.6 Å². The van der Waals surface area contributed by atoms with Gasteiger partial charge in [0.15, 0.2) is 0 Å². The molecular formula is C15H24ClN3O3S. The highest BCUT2D eigenvalue weighted by molar-refractivity contribution is 7.89. The molecule has 6 nitrogen and oxygen atoms in total. The zero-order valence-corrected chi connectivity index (χ0v) is 15.0. The summed E-state index contributed by atoms with van der Waals surface area (Å²) in [4.78, 5) is 12.3. The van der Waals surface area contributed by atoms with E-state index in [1.165, 1.54) is 6.07 Å². The minimum Gasteiger partial charge on any atom is -0.352 e. The van der Waals surface area contributed by atoms with Crippen LogP contribution in [0.5, 0.6) is 0 Å². The minimum absolute atomic E-state index is 0. The van der Waals surface area contributed by atoms with Crippen LogP contribution in [0.25, 0.3) is 0 Å². The molecule has 1 saturated heterocycles. The van der Waals surface area contributed by atoms with Gasteiger partial charge in [-0.1, -0.05) is 0 Å². The number of sulfonamides is 1. The molecule has 1 aromatic rings. The van der Waals surface area contributed by atoms with Gasteiger partial charge in [-0.15, -0.1) is 12.4 Å². The Morgan fingerprint density at radius 2 is 2.09 bits per heavy atom. The molecule has 1 unspecified atom stereocenters. The molecule has 1 aliphatic rings. The van der Waals surface area contributed by atoms with E-state index in [0.717, 1.165) is 31.5 Å². The van der Waals surface area contributed by atoms with Gasteiger partial charge in [-0.3, -0.25) is 4.79 Å². The number of amides is 1. The van der Waals surface area contributed by atoms with Gasteiger partial charge in [0.2, 0.25) is 10.0 Å². The maximum atomic E-state index is 12.3. The number of rotatable bonds is 4. The molecule has 4 N–H and O–H groups in total. The normalized spacial score (nSPS) is 18.1. The largest absolute Gasteiger partial charge is 0.352 e. The summed E-state index contributed by atoms with van der Waals surface area (Å²) >= 11 is 0. The monoisotopic (exact) mass is 361 g/mol. The lowest BCUT2D eigenvalue weighted by Crippen LogP contribution is -2.38. The van der Waals surface area contributed by atoms with Crippen LogP contribution in [-0.2, 0) is 10.0 Å². The van der Waals surface area contributed by atoms with E-state index in [-0.39, 0.29) is 23.2 Å². The Hall–Kier alpha value is -1.15. The number of carbonyl (C=O) groups is 1. The van der Waals surface area contributed by atoms with E-state index >= 15 is 0 Å². The van der Waals surface area contributed by atoms with Crippen LogP contribution in [0.4, 0.5) is 0 Å². The van der Waals surface area contributed by atoms with Crippen LogP contribution >= 0.6 is 12.4 Å². The molecule has 1 atom stereocenters. The highest BCUT2D eigenvalue weighted by Gasteiger charge is 2.19. The molecule has 0 aliphatic carbocycles. The van der Waals surface area contributed by atoms with Crippen molar-refractivity contribution in [1.82, 2.24) is 10.6 Å². The van der Waals surface area contributed by atoms with Crippen LogP contribution in [0.3, 0.4) is 0 Å². The van der Waals surface area contributed by atoms with Gasteiger partial charge < -0.3 is 10.6 Å². The lowest BCUT2D eigenvalue weighted by atomic mass is 9.99. The molecule has 0 aromatic heterocycles. The molecule has 8 heteroatoms. The Labute approximate surface area is 143 Å². The Kier molecular flexibility index (Phi) is 7.01. The van der Waals surface area contributed by atoms with E-state index in [1.54, 1.807) is 19.9 Å². The average molecular weight is 362 g/mol. The van der Waals surface area contributed by atoms with Crippen LogP contribution in [0.1, 0.15) is 34.3 Å². The van der Waals surface area contributed by atoms with Crippen molar-refractivity contribution in [1.29, 1.82) is 0 Å². The number of primary sulfonamides is 1. The van der Waals surface area contributed by atoms with Gasteiger partial charge in [-0.2, -0.15) is 0 Å². The standard InChI is InChI=1S/C15H23N3O3S.ClH/c1-10-6-13(7-14(11(10)2)22(16,20)21)15(19)18-9-12-4-3-5-17-8-12;/h6-7,12,17H,3-5,8-9H2,1-2H3,(H,18,19)(H2,16,20,21);1H. The van der Waals surface area contributed by atoms with Gasteiger partial charge in [0, 0.05) is 12.1 Å². The predicted octanol–water partition coefficient (Wildman–Crippen LogP) is 1.10. The van der Waals surface area contributed by atoms with Gasteiger partial charge in [-0.05, 0) is 69.0 Å². The summed E-state index contributed by atoms with van der Waals surface area (Å²) in [5.74, 6) is 0.153. The van der Waals surface area contributed by atoms with Crippen LogP contribution in [0.2, 0.25) is 0 Å². The summed E-state index contributed by atoms with van der Waals surface area (Å²) in [6, 6.07) is 3.05. The van der Waals surface area contributed by atoms with Crippen molar-refractivity contribution in [3.63, 3.8) is 0 Å². The lowest BCUT2D eigenvalue weighted by molar-refractivity contribution is 0.0944. The van der Waals surface area contributed by atoms with Crippen molar-refractivity contribution >= 4 is 28.3 Å². The van der Waals surface area contributed by atoms with E-state index in [1.807, 2.05) is 0 Å². The van der Waals surface area contributed by atoms with Crippen LogP contribution in [0, 0.1) is 19.8 Å². The van der Waals surface area contributed by atoms with Crippen molar-refractivity contribution in [3.05, 3.63) is 28.8 Å². The second kappa shape index (κ2) is 8.10. The second-order valence-electron chi connectivity index (χ2n) is 5.88. The van der Waals surface area contributed by atoms with E-state index in [0.29, 0.717) is 23.6 Å². The molecule has 1 amide bonds. The van der Waals surface area contributed by atoms with Crippen molar-refractivity contribution < 1.29 is 13.2 Å². The van der Waals surface area contributed by atoms with Crippen LogP contribution in [-0.4, -0.2) is 34.0 Å². The summed E-state index contributed by atoms with van der Waals surface area (Å²) in [5.41, 5.74) is 1.64. The minimum atomic E-state index is -3.84. The fourth-order valence-corrected chi connectivity index (χ4v) is 3.57. The number of hydrogen-bond acceptors (Lipinski definition) is 4. The third-order valence-electron chi connectivity index (χ3n) is 4.14. The fraction of sp³-hybridized carbons (Fsp3) is 0.533. The Morgan fingerprint density at radius 3 is 2.65 bits per heavy atom. The molecular weight excluding hydrogens is 338 g/mol. The number of piperidine rings is 1. The fourth-order valence-electron chi connectivity index (χ4n) is 2.69. The second-order valence-corrected chi connectivity index (χ2v) is 7.41. The average Bonchev–Trinajstić information content (AvgIpc) is 2.47. The first-order chi connectivity index (χ1) is 10.3. The maximum absolute atomic E-state index is 12.3. The van der Waals surface area contributed by atoms with Crippen molar-refractivity contribution in [3.8, 4) is 0 Å². The lowest BCUT2D eigenvalue weighted by Gasteiger charge is -2.23. The first-order valence-corrected chi connectivity index (χ1v) is 8.96. The van der Waals surface area contributed by atoms with E-state index in [9.17, 15) is 13.2 Å². The number of aryl methyl sites for hydroxylation is 1. The number of halogens is 1. The van der Waals surface area contributed by atoms with Crippen LogP contribution in [0.15, 0.2) is 17.0 Å². The smallest absolute Gasteiger partial charge is 0.251 e. The van der Waals surface area contributed by atoms with E-state index in [2.05, 4.69) is 10.6 Å². The third-order valence-corrected chi connectivity index (χ3v) is 5.18. The van der Waals surface area contributed by atoms with E-state index in [4.69, 9.17) is 5.14 Å². The van der Waals surface area contributed by atoms with E-state index < -0.39 is 10.0 Å². The Balaban J connectivity index is 0.00000264. The number of carbonyl (C=O) groups excluding carboxylic acids is 1. The van der Waals surface area contributed by atoms with Gasteiger partial charge in [0.1, 0.15) is 0 Å². The summed E-state index contributed by atoms with van der Waals surface area (Å²) in [7, 11) is -3.84. The number of benzene rings is 1. The number of nitrogens with two attached hydrogens (primary N) is 1. The van der Waals surface area contributed by atoms with Gasteiger partial charge >= 0.3 is 0 Å². The molecule has 1 aromatic carbocycles. The molecule has 130 valence electrons. The molecule has 1 aliphatic heterocycles. The number of hydrogen-bond donors (Lipinski definition) is 3. The topological polar surface area (TPSA) is 101 Å². The van der Waals surface area contributed by atoms with Crippen molar-refractivity contribution in [2.75, 3.05) is 19.6 Å². The van der Waals surface area contributed by atoms with Crippen molar-refractivity contribution in [2.24, 2.45) is 11.1 Å². The Bertz CT molecular complexity index is 671. The molecule has 1 fully saturated rings. The predicted molar refractivity (Wildman–Crippen MR) is 92.5 cm³/mol. The molecule has 0 spiro atoms. The zero-order chi connectivity index (χ0) is 16.3. The Morgan fingerprint density at radius 1 is 1.39 bits per heavy atom. The summed E-state index contributed by atoms with van der Waals surface area (Å²) in [5, 5.41) is 11.4. The van der Waals surface area contributed by atoms with Gasteiger partial charge in [0.05, 0.1) is 4.90 Å². The van der Waals surface area contributed by atoms with Gasteiger partial charge in [-0.25, -0.2) is 13.6 Å². The quantitative estimate of drug-likeness (QED) is 0.747. The first-order valence-electron chi connectivity index (χ1n) is 7.42. The molecule has 0 saturated carbocycles. The summed E-state index contributed by atoms with van der Waals surface area (Å²) in [6.07, 6.45) is 2.20. The third kappa shape index (κ3) is 5.17. The van der Waals surface area contributed by atoms with Crippen LogP contribution < -0.4 is 15.8 Å². The first kappa shape index (κ1) is 19.9. The maximum Gasteiger partial charge on any atom is 0.251 e. The number of nitrogens with one attached hydrogen (secondary N) is 2. The summed E-state index contributed by atoms with van der Waals surface area (Å²) in [6.45, 7) is 5.97. The molecule has 2 rings (SSSR count). The molecule has 0 bridgehead atoms. The zero-order valence-electron chi connectivity index (χ0n) is 13.4. The molecule has 23 heavy (non-hydrogen) atoms. The molecule has 1 heterocycles. The SMILES string of the molecule is Cc1cc(C(=O)NCC2CCCNC2)cc(S(N)(=O)=O)c1C.Cl. The summed E-state index contributed by atoms with van der Waals surface area (Å²) < 4.78 is 23.2. The highest BCUT2D eigenvalue weighted by Crippen LogP contribution is 2.20. The highest BCUT2D eigenvalue weighted by atomic mass is 35.5. The van der Waals surface area contributed by atoms with Gasteiger partial charge in [0.25, 0.3) is 5.91 Å².